The fourth-order valence-electron chi connectivity index (χ4n) is 0.459. The second-order valence-electron chi connectivity index (χ2n) is 1.47. The Bertz CT molecular complexity index is 91.7. The lowest BCUT2D eigenvalue weighted by Crippen LogP contribution is -2.50. The fourth-order valence-corrected chi connectivity index (χ4v) is 1.01. The smallest absolute Gasteiger partial charge is 0.234 e. The van der Waals surface area contributed by atoms with Crippen LogP contribution >= 0.6 is 11.8 Å². The van der Waals surface area contributed by atoms with Crippen molar-refractivity contribution in [3.05, 3.63) is 0 Å². The first kappa shape index (κ1) is 4.97. The number of carbonyl (C=O) groups is 1. The van der Waals surface area contributed by atoms with Crippen LogP contribution in [0, 0.1) is 0 Å². The molecule has 1 aliphatic rings. The Hall–Kier alpha value is -0.180. The van der Waals surface area contributed by atoms with Crippen LogP contribution in [-0.4, -0.2) is 24.0 Å². The third-order valence-electron chi connectivity index (χ3n) is 1.04. The monoisotopic (exact) mass is 117 g/mol. The predicted molar refractivity (Wildman–Crippen MR) is 30.3 cm³/mol. The Labute approximate surface area is 46.7 Å². The third-order valence-corrected chi connectivity index (χ3v) is 1.99. The van der Waals surface area contributed by atoms with Crippen molar-refractivity contribution in [1.29, 1.82) is 0 Å². The van der Waals surface area contributed by atoms with Gasteiger partial charge in [-0.2, -0.15) is 11.8 Å². The summed E-state index contributed by atoms with van der Waals surface area (Å²) in [4.78, 5) is 10.3. The minimum absolute atomic E-state index is 0.188. The second kappa shape index (κ2) is 1.74. The molecule has 1 fully saturated rings. The van der Waals surface area contributed by atoms with Crippen LogP contribution in [0.1, 0.15) is 0 Å². The zero-order chi connectivity index (χ0) is 5.28. The molecule has 0 aromatic carbocycles. The normalized spacial score (nSPS) is 28.7. The first-order valence-electron chi connectivity index (χ1n) is 2.15. The van der Waals surface area contributed by atoms with Gasteiger partial charge in [0.2, 0.25) is 5.91 Å². The van der Waals surface area contributed by atoms with Crippen LogP contribution < -0.4 is 5.32 Å². The van der Waals surface area contributed by atoms with E-state index in [1.165, 1.54) is 0 Å². The zero-order valence-corrected chi connectivity index (χ0v) is 4.92. The molecule has 0 aromatic heterocycles. The Morgan fingerprint density at radius 2 is 2.71 bits per heavy atom. The molecule has 0 bridgehead atoms. The van der Waals surface area contributed by atoms with Crippen molar-refractivity contribution < 1.29 is 4.79 Å². The first-order valence-corrected chi connectivity index (χ1v) is 3.44. The van der Waals surface area contributed by atoms with E-state index >= 15 is 0 Å². The van der Waals surface area contributed by atoms with Gasteiger partial charge in [0.1, 0.15) is 5.25 Å². The van der Waals surface area contributed by atoms with E-state index in [2.05, 4.69) is 5.32 Å². The molecule has 0 radical (unpaired) electrons. The molecule has 0 aliphatic carbocycles. The molecule has 2 nitrogen and oxygen atoms in total. The number of hydrogen-bond donors (Lipinski definition) is 1. The Morgan fingerprint density at radius 1 is 2.00 bits per heavy atom. The Kier molecular flexibility index (Phi) is 1.23. The van der Waals surface area contributed by atoms with Gasteiger partial charge < -0.3 is 5.32 Å². The zero-order valence-electron chi connectivity index (χ0n) is 4.10. The summed E-state index contributed by atoms with van der Waals surface area (Å²) in [6.07, 6.45) is 1.95. The van der Waals surface area contributed by atoms with Gasteiger partial charge in [-0.25, -0.2) is 0 Å². The van der Waals surface area contributed by atoms with E-state index in [4.69, 9.17) is 0 Å². The van der Waals surface area contributed by atoms with Crippen molar-refractivity contribution in [2.45, 2.75) is 5.25 Å². The van der Waals surface area contributed by atoms with E-state index in [0.29, 0.717) is 0 Å². The molecule has 0 spiro atoms. The molecule has 40 valence electrons. The van der Waals surface area contributed by atoms with Crippen LogP contribution in [0.25, 0.3) is 0 Å². The number of carbonyl (C=O) groups excluding carboxylic acids is 1. The number of rotatable bonds is 1. The summed E-state index contributed by atoms with van der Waals surface area (Å²) in [6, 6.07) is 0. The maximum absolute atomic E-state index is 10.3. The molecule has 7 heavy (non-hydrogen) atoms. The molecule has 1 rings (SSSR count). The van der Waals surface area contributed by atoms with E-state index < -0.39 is 0 Å². The van der Waals surface area contributed by atoms with Crippen molar-refractivity contribution >= 4 is 17.7 Å². The molecule has 0 saturated carbocycles. The number of thioether (sulfide) groups is 1. The van der Waals surface area contributed by atoms with E-state index in [1.807, 2.05) is 6.26 Å². The predicted octanol–water partition coefficient (Wildman–Crippen LogP) is -0.152. The lowest BCUT2D eigenvalue weighted by molar-refractivity contribution is -0.124. The summed E-state index contributed by atoms with van der Waals surface area (Å²) in [5.74, 6) is 0.188. The molecule has 1 unspecified atom stereocenters. The highest BCUT2D eigenvalue weighted by Gasteiger charge is 2.25. The van der Waals surface area contributed by atoms with E-state index in [0.717, 1.165) is 6.54 Å². The Morgan fingerprint density at radius 3 is 2.71 bits per heavy atom. The van der Waals surface area contributed by atoms with Gasteiger partial charge in [-0.1, -0.05) is 0 Å². The summed E-state index contributed by atoms with van der Waals surface area (Å²) in [6.45, 7) is 0.861. The highest BCUT2D eigenvalue weighted by molar-refractivity contribution is 8.00. The average molecular weight is 117 g/mol. The second-order valence-corrected chi connectivity index (χ2v) is 2.51. The number of β-lactam (4-membered cyclic amide) rings is 1. The van der Waals surface area contributed by atoms with Gasteiger partial charge in [-0.05, 0) is 6.26 Å². The highest BCUT2D eigenvalue weighted by atomic mass is 32.2. The standard InChI is InChI=1S/C4H7NOS/c1-7-3-2-5-4(3)6/h3H,2H2,1H3,(H,5,6). The van der Waals surface area contributed by atoms with Gasteiger partial charge in [0, 0.05) is 6.54 Å². The molecular weight excluding hydrogens is 110 g/mol. The molecule has 1 heterocycles. The largest absolute Gasteiger partial charge is 0.353 e. The third kappa shape index (κ3) is 0.725. The average Bonchev–Trinajstić information content (AvgIpc) is 1.65. The van der Waals surface area contributed by atoms with Crippen LogP contribution in [0.4, 0.5) is 0 Å². The van der Waals surface area contributed by atoms with Crippen LogP contribution in [0.15, 0.2) is 0 Å². The molecule has 1 atom stereocenters. The Balaban J connectivity index is 2.29. The molecule has 1 saturated heterocycles. The van der Waals surface area contributed by atoms with E-state index in [9.17, 15) is 4.79 Å². The van der Waals surface area contributed by atoms with Crippen LogP contribution in [0.2, 0.25) is 0 Å². The van der Waals surface area contributed by atoms with Crippen molar-refractivity contribution in [3.63, 3.8) is 0 Å². The molecule has 3 heteroatoms. The summed E-state index contributed by atoms with van der Waals surface area (Å²) >= 11 is 1.61. The number of nitrogens with one attached hydrogen (secondary N) is 1. The van der Waals surface area contributed by atoms with Gasteiger partial charge in [0.05, 0.1) is 0 Å². The lowest BCUT2D eigenvalue weighted by atomic mass is 10.3. The van der Waals surface area contributed by atoms with E-state index in [1.54, 1.807) is 11.8 Å². The van der Waals surface area contributed by atoms with Crippen LogP contribution in [-0.2, 0) is 4.79 Å². The minimum Gasteiger partial charge on any atom is -0.353 e. The van der Waals surface area contributed by atoms with Crippen LogP contribution in [0.3, 0.4) is 0 Å². The molecule has 1 amide bonds. The molecule has 0 aromatic rings. The molecule has 1 N–H and O–H groups in total. The van der Waals surface area contributed by atoms with Crippen molar-refractivity contribution in [1.82, 2.24) is 5.32 Å². The van der Waals surface area contributed by atoms with Crippen molar-refractivity contribution in [2.75, 3.05) is 12.8 Å². The van der Waals surface area contributed by atoms with Gasteiger partial charge in [-0.15, -0.1) is 0 Å². The maximum Gasteiger partial charge on any atom is 0.234 e. The van der Waals surface area contributed by atoms with Crippen molar-refractivity contribution in [3.8, 4) is 0 Å². The summed E-state index contributed by atoms with van der Waals surface area (Å²) in [7, 11) is 0. The summed E-state index contributed by atoms with van der Waals surface area (Å²) in [5.41, 5.74) is 0. The highest BCUT2D eigenvalue weighted by Crippen LogP contribution is 2.10. The molecular formula is C4H7NOS. The van der Waals surface area contributed by atoms with E-state index in [-0.39, 0.29) is 11.2 Å². The van der Waals surface area contributed by atoms with Gasteiger partial charge in [0.25, 0.3) is 0 Å². The summed E-state index contributed by atoms with van der Waals surface area (Å²) in [5, 5.41) is 2.90. The van der Waals surface area contributed by atoms with Crippen LogP contribution in [0.5, 0.6) is 0 Å². The van der Waals surface area contributed by atoms with Gasteiger partial charge in [0.15, 0.2) is 0 Å². The number of hydrogen-bond acceptors (Lipinski definition) is 2. The lowest BCUT2D eigenvalue weighted by Gasteiger charge is -2.23. The minimum atomic E-state index is 0.188. The van der Waals surface area contributed by atoms with Gasteiger partial charge >= 0.3 is 0 Å². The topological polar surface area (TPSA) is 29.1 Å². The fraction of sp³-hybridized carbons (Fsp3) is 0.750. The number of amides is 1. The van der Waals surface area contributed by atoms with Gasteiger partial charge in [-0.3, -0.25) is 4.79 Å². The first-order chi connectivity index (χ1) is 3.34. The SMILES string of the molecule is CSC1CNC1=O. The van der Waals surface area contributed by atoms with Crippen molar-refractivity contribution in [2.24, 2.45) is 0 Å². The molecule has 1 aliphatic heterocycles. The summed E-state index contributed by atoms with van der Waals surface area (Å²) < 4.78 is 0. The quantitative estimate of drug-likeness (QED) is 0.484. The maximum atomic E-state index is 10.3.